The van der Waals surface area contributed by atoms with Crippen LogP contribution in [0.2, 0.25) is 10.0 Å². The first kappa shape index (κ1) is 13.5. The van der Waals surface area contributed by atoms with Crippen molar-refractivity contribution in [1.29, 1.82) is 0 Å². The zero-order valence-electron chi connectivity index (χ0n) is 10.9. The first-order valence-electron chi connectivity index (χ1n) is 6.54. The van der Waals surface area contributed by atoms with Crippen molar-refractivity contribution in [3.63, 3.8) is 0 Å². The summed E-state index contributed by atoms with van der Waals surface area (Å²) in [7, 11) is 0. The largest absolute Gasteiger partial charge is 0.383 e. The quantitative estimate of drug-likeness (QED) is 0.845. The van der Waals surface area contributed by atoms with Crippen molar-refractivity contribution in [3.8, 4) is 11.3 Å². The number of nitrogen functional groups attached to an aromatic ring is 1. The van der Waals surface area contributed by atoms with Gasteiger partial charge in [0.05, 0.1) is 5.02 Å². The van der Waals surface area contributed by atoms with Crippen molar-refractivity contribution in [2.45, 2.75) is 25.3 Å². The lowest BCUT2D eigenvalue weighted by atomic mass is 10.1. The zero-order valence-corrected chi connectivity index (χ0v) is 12.5. The predicted molar refractivity (Wildman–Crippen MR) is 84.3 cm³/mol. The summed E-state index contributed by atoms with van der Waals surface area (Å²) in [5.41, 5.74) is 7.75. The maximum absolute atomic E-state index is 6.26. The molecule has 2 aromatic rings. The normalized spacial score (nSPS) is 14.5. The zero-order chi connectivity index (χ0) is 14.3. The molecule has 1 heterocycles. The summed E-state index contributed by atoms with van der Waals surface area (Å²) in [6, 6.07) is 5.33. The molecule has 1 aromatic carbocycles. The minimum atomic E-state index is 0.504. The van der Waals surface area contributed by atoms with E-state index in [1.165, 1.54) is 0 Å². The Morgan fingerprint density at radius 1 is 1.40 bits per heavy atom. The number of nitrogens with zero attached hydrogens (tertiary/aromatic N) is 2. The van der Waals surface area contributed by atoms with E-state index in [1.807, 2.05) is 10.6 Å². The average molecular weight is 308 g/mol. The van der Waals surface area contributed by atoms with Crippen molar-refractivity contribution in [2.75, 3.05) is 5.73 Å². The number of benzene rings is 1. The van der Waals surface area contributed by atoms with E-state index in [2.05, 4.69) is 6.58 Å². The van der Waals surface area contributed by atoms with Crippen molar-refractivity contribution < 1.29 is 0 Å². The van der Waals surface area contributed by atoms with Gasteiger partial charge < -0.3 is 10.3 Å². The Morgan fingerprint density at radius 3 is 2.80 bits per heavy atom. The second-order valence-electron chi connectivity index (χ2n) is 5.00. The van der Waals surface area contributed by atoms with Crippen LogP contribution in [0, 0.1) is 0 Å². The van der Waals surface area contributed by atoms with Crippen LogP contribution in [0.1, 0.15) is 24.6 Å². The third kappa shape index (κ3) is 2.32. The lowest BCUT2D eigenvalue weighted by Crippen LogP contribution is -2.05. The molecule has 0 unspecified atom stereocenters. The van der Waals surface area contributed by atoms with Gasteiger partial charge in [-0.05, 0) is 31.0 Å². The van der Waals surface area contributed by atoms with E-state index in [9.17, 15) is 0 Å². The first-order valence-corrected chi connectivity index (χ1v) is 7.29. The second-order valence-corrected chi connectivity index (χ2v) is 5.85. The van der Waals surface area contributed by atoms with Gasteiger partial charge in [-0.2, -0.15) is 0 Å². The molecule has 1 aliphatic rings. The number of aromatic nitrogens is 2. The summed E-state index contributed by atoms with van der Waals surface area (Å²) in [6.45, 7) is 4.44. The number of hydrogen-bond acceptors (Lipinski definition) is 2. The Hall–Kier alpha value is -1.45. The van der Waals surface area contributed by atoms with E-state index in [4.69, 9.17) is 33.9 Å². The third-order valence-corrected chi connectivity index (χ3v) is 4.04. The number of imidazole rings is 1. The Balaban J connectivity index is 2.16. The molecular weight excluding hydrogens is 293 g/mol. The summed E-state index contributed by atoms with van der Waals surface area (Å²) in [5.74, 6) is 2.15. The minimum Gasteiger partial charge on any atom is -0.383 e. The van der Waals surface area contributed by atoms with Crippen molar-refractivity contribution >= 4 is 29.0 Å². The van der Waals surface area contributed by atoms with Crippen molar-refractivity contribution in [2.24, 2.45) is 0 Å². The van der Waals surface area contributed by atoms with Gasteiger partial charge in [-0.25, -0.2) is 4.98 Å². The number of halogens is 2. The highest BCUT2D eigenvalue weighted by atomic mass is 35.5. The van der Waals surface area contributed by atoms with Gasteiger partial charge in [0.15, 0.2) is 0 Å². The standard InChI is InChI=1S/C15H15Cl2N3/c1-2-7-20-14(18)13(19-15(20)9-3-4-9)11-8-10(16)5-6-12(11)17/h2,5-6,8-9H,1,3-4,7,18H2. The smallest absolute Gasteiger partial charge is 0.132 e. The van der Waals surface area contributed by atoms with Crippen LogP contribution in [-0.2, 0) is 6.54 Å². The summed E-state index contributed by atoms with van der Waals surface area (Å²) >= 11 is 12.3. The lowest BCUT2D eigenvalue weighted by molar-refractivity contribution is 0.750. The molecule has 3 rings (SSSR count). The number of anilines is 1. The van der Waals surface area contributed by atoms with Gasteiger partial charge in [0.25, 0.3) is 0 Å². The van der Waals surface area contributed by atoms with E-state index in [0.717, 1.165) is 24.2 Å². The van der Waals surface area contributed by atoms with Crippen LogP contribution in [0.25, 0.3) is 11.3 Å². The van der Waals surface area contributed by atoms with Gasteiger partial charge in [-0.15, -0.1) is 6.58 Å². The Labute approximate surface area is 128 Å². The number of hydrogen-bond donors (Lipinski definition) is 1. The molecule has 104 valence electrons. The average Bonchev–Trinajstić information content (AvgIpc) is 3.21. The molecule has 3 nitrogen and oxygen atoms in total. The van der Waals surface area contributed by atoms with Crippen LogP contribution in [0.15, 0.2) is 30.9 Å². The fourth-order valence-corrected chi connectivity index (χ4v) is 2.71. The Bertz CT molecular complexity index is 672. The molecule has 1 saturated carbocycles. The minimum absolute atomic E-state index is 0.504. The predicted octanol–water partition coefficient (Wildman–Crippen LogP) is 4.50. The van der Waals surface area contributed by atoms with Gasteiger partial charge in [0.1, 0.15) is 17.3 Å². The Kier molecular flexibility index (Phi) is 3.48. The summed E-state index contributed by atoms with van der Waals surface area (Å²) < 4.78 is 2.01. The van der Waals surface area contributed by atoms with Crippen LogP contribution < -0.4 is 5.73 Å². The number of nitrogens with two attached hydrogens (primary N) is 1. The molecule has 0 aliphatic heterocycles. The number of allylic oxidation sites excluding steroid dienone is 1. The molecule has 0 saturated heterocycles. The van der Waals surface area contributed by atoms with Crippen LogP contribution in [-0.4, -0.2) is 9.55 Å². The van der Waals surface area contributed by atoms with Crippen molar-refractivity contribution in [1.82, 2.24) is 9.55 Å². The van der Waals surface area contributed by atoms with Gasteiger partial charge in [0.2, 0.25) is 0 Å². The molecule has 0 bridgehead atoms. The maximum atomic E-state index is 6.26. The van der Waals surface area contributed by atoms with Crippen LogP contribution in [0.4, 0.5) is 5.82 Å². The highest BCUT2D eigenvalue weighted by molar-refractivity contribution is 6.35. The molecule has 0 atom stereocenters. The molecule has 20 heavy (non-hydrogen) atoms. The number of rotatable bonds is 4. The van der Waals surface area contributed by atoms with Crippen LogP contribution in [0.3, 0.4) is 0 Å². The van der Waals surface area contributed by atoms with Gasteiger partial charge >= 0.3 is 0 Å². The van der Waals surface area contributed by atoms with Gasteiger partial charge in [-0.3, -0.25) is 0 Å². The highest BCUT2D eigenvalue weighted by Crippen LogP contribution is 2.43. The van der Waals surface area contributed by atoms with Crippen LogP contribution >= 0.6 is 23.2 Å². The monoisotopic (exact) mass is 307 g/mol. The van der Waals surface area contributed by atoms with E-state index in [0.29, 0.717) is 34.0 Å². The second kappa shape index (κ2) is 5.15. The maximum Gasteiger partial charge on any atom is 0.132 e. The fraction of sp³-hybridized carbons (Fsp3) is 0.267. The molecule has 1 aromatic heterocycles. The summed E-state index contributed by atoms with van der Waals surface area (Å²) in [4.78, 5) is 4.71. The van der Waals surface area contributed by atoms with E-state index in [1.54, 1.807) is 18.2 Å². The highest BCUT2D eigenvalue weighted by Gasteiger charge is 2.31. The van der Waals surface area contributed by atoms with E-state index < -0.39 is 0 Å². The molecular formula is C15H15Cl2N3. The molecule has 0 radical (unpaired) electrons. The molecule has 0 spiro atoms. The molecule has 5 heteroatoms. The first-order chi connectivity index (χ1) is 9.61. The SMILES string of the molecule is C=CCn1c(C2CC2)nc(-c2cc(Cl)ccc2Cl)c1N. The molecule has 1 fully saturated rings. The third-order valence-electron chi connectivity index (χ3n) is 3.47. The lowest BCUT2D eigenvalue weighted by Gasteiger charge is -2.06. The van der Waals surface area contributed by atoms with Gasteiger partial charge in [0, 0.05) is 23.0 Å². The fourth-order valence-electron chi connectivity index (χ4n) is 2.33. The van der Waals surface area contributed by atoms with E-state index in [-0.39, 0.29) is 0 Å². The van der Waals surface area contributed by atoms with Gasteiger partial charge in [-0.1, -0.05) is 29.3 Å². The summed E-state index contributed by atoms with van der Waals surface area (Å²) in [5, 5.41) is 1.22. The van der Waals surface area contributed by atoms with E-state index >= 15 is 0 Å². The Morgan fingerprint density at radius 2 is 2.15 bits per heavy atom. The topological polar surface area (TPSA) is 43.8 Å². The van der Waals surface area contributed by atoms with Crippen LogP contribution in [0.5, 0.6) is 0 Å². The molecule has 2 N–H and O–H groups in total. The molecule has 0 amide bonds. The van der Waals surface area contributed by atoms with Crippen molar-refractivity contribution in [3.05, 3.63) is 46.7 Å². The molecule has 1 aliphatic carbocycles. The summed E-state index contributed by atoms with van der Waals surface area (Å²) in [6.07, 6.45) is 4.15.